The number of amides is 1. The molecule has 146 valence electrons. The molecule has 0 aliphatic rings. The summed E-state index contributed by atoms with van der Waals surface area (Å²) >= 11 is 12.3. The van der Waals surface area contributed by atoms with Crippen LogP contribution in [0.1, 0.15) is 32.9 Å². The van der Waals surface area contributed by atoms with E-state index in [2.05, 4.69) is 10.5 Å². The zero-order valence-corrected chi connectivity index (χ0v) is 17.0. The summed E-state index contributed by atoms with van der Waals surface area (Å²) < 4.78 is 15.9. The summed E-state index contributed by atoms with van der Waals surface area (Å²) in [5, 5.41) is 13.7. The van der Waals surface area contributed by atoms with Gasteiger partial charge in [0.05, 0.1) is 34.1 Å². The second-order valence-electron chi connectivity index (χ2n) is 6.26. The number of aryl methyl sites for hydroxylation is 1. The highest BCUT2D eigenvalue weighted by Crippen LogP contribution is 2.28. The minimum atomic E-state index is -0.785. The molecule has 2 aromatic carbocycles. The first-order chi connectivity index (χ1) is 13.8. The summed E-state index contributed by atoms with van der Waals surface area (Å²) in [4.78, 5) is 12.1. The molecule has 8 heteroatoms. The molecule has 5 nitrogen and oxygen atoms in total. The van der Waals surface area contributed by atoms with Gasteiger partial charge in [0.1, 0.15) is 5.82 Å². The van der Waals surface area contributed by atoms with Crippen molar-refractivity contribution in [2.75, 3.05) is 0 Å². The van der Waals surface area contributed by atoms with Gasteiger partial charge in [-0.2, -0.15) is 10.4 Å². The molecule has 0 unspecified atom stereocenters. The minimum absolute atomic E-state index is 0.135. The first-order valence-corrected chi connectivity index (χ1v) is 9.25. The van der Waals surface area contributed by atoms with Crippen LogP contribution >= 0.6 is 23.2 Å². The van der Waals surface area contributed by atoms with Gasteiger partial charge in [0.15, 0.2) is 0 Å². The number of aromatic nitrogens is 1. The van der Waals surface area contributed by atoms with Gasteiger partial charge in [0, 0.05) is 22.0 Å². The molecule has 0 bridgehead atoms. The molecule has 1 heterocycles. The van der Waals surface area contributed by atoms with Gasteiger partial charge in [-0.1, -0.05) is 23.2 Å². The maximum atomic E-state index is 13.9. The molecule has 0 aliphatic carbocycles. The number of nitriles is 1. The molecule has 1 amide bonds. The van der Waals surface area contributed by atoms with E-state index < -0.39 is 11.7 Å². The number of benzene rings is 2. The van der Waals surface area contributed by atoms with Crippen LogP contribution in [0.3, 0.4) is 0 Å². The third kappa shape index (κ3) is 4.32. The van der Waals surface area contributed by atoms with Crippen LogP contribution in [-0.2, 0) is 0 Å². The topological polar surface area (TPSA) is 70.2 Å². The lowest BCUT2D eigenvalue weighted by Crippen LogP contribution is -2.19. The fraction of sp³-hybridized carbons (Fsp3) is 0.0952. The number of hydrogen-bond donors (Lipinski definition) is 1. The molecule has 0 spiro atoms. The molecule has 0 saturated carbocycles. The van der Waals surface area contributed by atoms with E-state index in [4.69, 9.17) is 28.5 Å². The Morgan fingerprint density at radius 3 is 2.62 bits per heavy atom. The van der Waals surface area contributed by atoms with Crippen molar-refractivity contribution in [3.8, 4) is 11.8 Å². The van der Waals surface area contributed by atoms with Crippen LogP contribution in [0.5, 0.6) is 0 Å². The lowest BCUT2D eigenvalue weighted by Gasteiger charge is -2.11. The predicted octanol–water partition coefficient (Wildman–Crippen LogP) is 5.18. The summed E-state index contributed by atoms with van der Waals surface area (Å²) in [5.41, 5.74) is 5.54. The molecular weight excluding hydrogens is 414 g/mol. The fourth-order valence-electron chi connectivity index (χ4n) is 2.94. The zero-order chi connectivity index (χ0) is 21.1. The summed E-state index contributed by atoms with van der Waals surface area (Å²) in [7, 11) is 0. The number of nitrogens with one attached hydrogen (secondary N) is 1. The van der Waals surface area contributed by atoms with Crippen LogP contribution < -0.4 is 5.43 Å². The number of hydrogen-bond acceptors (Lipinski definition) is 3. The highest BCUT2D eigenvalue weighted by atomic mass is 35.5. The second-order valence-corrected chi connectivity index (χ2v) is 7.11. The van der Waals surface area contributed by atoms with Gasteiger partial charge in [-0.25, -0.2) is 9.82 Å². The second kappa shape index (κ2) is 8.48. The van der Waals surface area contributed by atoms with Gasteiger partial charge in [-0.15, -0.1) is 0 Å². The summed E-state index contributed by atoms with van der Waals surface area (Å²) in [5.74, 6) is -1.50. The van der Waals surface area contributed by atoms with Gasteiger partial charge in [0.25, 0.3) is 5.91 Å². The van der Waals surface area contributed by atoms with Crippen LogP contribution in [-0.4, -0.2) is 16.7 Å². The molecule has 1 aromatic heterocycles. The van der Waals surface area contributed by atoms with Crippen molar-refractivity contribution in [3.63, 3.8) is 0 Å². The molecule has 29 heavy (non-hydrogen) atoms. The molecule has 0 atom stereocenters. The Hall–Kier alpha value is -3.14. The Kier molecular flexibility index (Phi) is 6.02. The quantitative estimate of drug-likeness (QED) is 0.459. The van der Waals surface area contributed by atoms with Gasteiger partial charge in [-0.05, 0) is 56.3 Å². The monoisotopic (exact) mass is 428 g/mol. The van der Waals surface area contributed by atoms with Crippen molar-refractivity contribution in [1.82, 2.24) is 9.99 Å². The van der Waals surface area contributed by atoms with Crippen molar-refractivity contribution in [3.05, 3.63) is 86.4 Å². The molecule has 3 rings (SSSR count). The van der Waals surface area contributed by atoms with Crippen LogP contribution in [0.15, 0.2) is 47.6 Å². The van der Waals surface area contributed by atoms with Crippen molar-refractivity contribution in [2.24, 2.45) is 5.10 Å². The van der Waals surface area contributed by atoms with Crippen LogP contribution in [0.4, 0.5) is 4.39 Å². The Morgan fingerprint density at radius 2 is 1.97 bits per heavy atom. The molecule has 0 fully saturated rings. The largest absolute Gasteiger partial charge is 0.316 e. The zero-order valence-electron chi connectivity index (χ0n) is 15.5. The van der Waals surface area contributed by atoms with E-state index in [1.807, 2.05) is 36.6 Å². The van der Waals surface area contributed by atoms with Crippen LogP contribution in [0.25, 0.3) is 5.69 Å². The Bertz CT molecular complexity index is 1180. The number of nitrogens with zero attached hydrogens (tertiary/aromatic N) is 3. The van der Waals surface area contributed by atoms with Gasteiger partial charge >= 0.3 is 0 Å². The van der Waals surface area contributed by atoms with E-state index in [0.29, 0.717) is 10.0 Å². The van der Waals surface area contributed by atoms with E-state index in [-0.39, 0.29) is 11.1 Å². The Balaban J connectivity index is 1.82. The average Bonchev–Trinajstić information content (AvgIpc) is 2.95. The van der Waals surface area contributed by atoms with E-state index in [1.165, 1.54) is 18.3 Å². The average molecular weight is 429 g/mol. The van der Waals surface area contributed by atoms with Crippen molar-refractivity contribution < 1.29 is 9.18 Å². The summed E-state index contributed by atoms with van der Waals surface area (Å²) in [6.45, 7) is 3.81. The Morgan fingerprint density at radius 1 is 1.21 bits per heavy atom. The minimum Gasteiger partial charge on any atom is -0.316 e. The van der Waals surface area contributed by atoms with Gasteiger partial charge in [-0.3, -0.25) is 4.79 Å². The van der Waals surface area contributed by atoms with Crippen LogP contribution in [0.2, 0.25) is 10.0 Å². The highest BCUT2D eigenvalue weighted by molar-refractivity contribution is 6.35. The third-order valence-electron chi connectivity index (χ3n) is 4.33. The van der Waals surface area contributed by atoms with Crippen molar-refractivity contribution in [1.29, 1.82) is 5.26 Å². The first kappa shape index (κ1) is 20.6. The predicted molar refractivity (Wildman–Crippen MR) is 111 cm³/mol. The molecular formula is C21H15Cl2FN4O. The normalized spacial score (nSPS) is 10.9. The number of rotatable bonds is 4. The van der Waals surface area contributed by atoms with E-state index in [9.17, 15) is 9.18 Å². The lowest BCUT2D eigenvalue weighted by atomic mass is 10.1. The van der Waals surface area contributed by atoms with Crippen LogP contribution in [0, 0.1) is 31.0 Å². The smallest absolute Gasteiger partial charge is 0.274 e. The summed E-state index contributed by atoms with van der Waals surface area (Å²) in [6.07, 6.45) is 1.47. The SMILES string of the molecule is Cc1cc(/C=N\NC(=O)c2ccc(C#N)cc2F)c(C)n1-c1ccc(Cl)cc1Cl. The number of carbonyl (C=O) groups is 1. The van der Waals surface area contributed by atoms with E-state index in [0.717, 1.165) is 28.7 Å². The van der Waals surface area contributed by atoms with Gasteiger partial charge < -0.3 is 4.57 Å². The fourth-order valence-corrected chi connectivity index (χ4v) is 3.43. The summed E-state index contributed by atoms with van der Waals surface area (Å²) in [6, 6.07) is 12.5. The molecule has 0 radical (unpaired) electrons. The van der Waals surface area contributed by atoms with E-state index in [1.54, 1.807) is 12.1 Å². The highest BCUT2D eigenvalue weighted by Gasteiger charge is 2.14. The third-order valence-corrected chi connectivity index (χ3v) is 4.87. The molecule has 1 N–H and O–H groups in total. The molecule has 0 saturated heterocycles. The lowest BCUT2D eigenvalue weighted by molar-refractivity contribution is 0.0951. The first-order valence-electron chi connectivity index (χ1n) is 8.49. The standard InChI is InChI=1S/C21H15Cl2FN4O/c1-12-7-15(13(2)28(12)20-6-4-16(22)9-18(20)23)11-26-27-21(29)17-5-3-14(10-25)8-19(17)24/h3-9,11H,1-2H3,(H,27,29)/b26-11-. The van der Waals surface area contributed by atoms with Crippen molar-refractivity contribution in [2.45, 2.75) is 13.8 Å². The van der Waals surface area contributed by atoms with Gasteiger partial charge in [0.2, 0.25) is 0 Å². The van der Waals surface area contributed by atoms with E-state index >= 15 is 0 Å². The maximum Gasteiger partial charge on any atom is 0.274 e. The Labute approximate surface area is 177 Å². The van der Waals surface area contributed by atoms with Crippen molar-refractivity contribution >= 4 is 35.3 Å². The number of hydrazone groups is 1. The number of halogens is 3. The number of carbonyl (C=O) groups excluding carboxylic acids is 1. The molecule has 0 aliphatic heterocycles. The molecule has 3 aromatic rings. The maximum absolute atomic E-state index is 13.9.